The van der Waals surface area contributed by atoms with Gasteiger partial charge in [0, 0.05) is 0 Å². The monoisotopic (exact) mass is 636 g/mol. The van der Waals surface area contributed by atoms with Gasteiger partial charge >= 0.3 is 264 Å². The topological polar surface area (TPSA) is 36.1 Å². The molecule has 0 aliphatic carbocycles. The molecular weight excluding hydrogens is 607 g/mol. The zero-order valence-corrected chi connectivity index (χ0v) is 26.1. The van der Waals surface area contributed by atoms with Crippen LogP contribution in [0, 0.1) is 11.3 Å². The number of nitriles is 1. The first-order chi connectivity index (χ1) is 21.2. The van der Waals surface area contributed by atoms with E-state index in [1.165, 1.54) is 15.9 Å². The van der Waals surface area contributed by atoms with Crippen molar-refractivity contribution < 1.29 is 0 Å². The van der Waals surface area contributed by atoms with Crippen molar-refractivity contribution in [2.24, 2.45) is 4.99 Å². The van der Waals surface area contributed by atoms with Gasteiger partial charge in [-0.25, -0.2) is 0 Å². The Morgan fingerprint density at radius 3 is 1.35 bits per heavy atom. The van der Waals surface area contributed by atoms with Gasteiger partial charge in [-0.05, 0) is 0 Å². The zero-order valence-electron chi connectivity index (χ0n) is 23.5. The number of rotatable bonds is 8. The number of nitrogens with zero attached hydrogens (tertiary/aromatic N) is 2. The second-order valence-corrected chi connectivity index (χ2v) is 16.0. The van der Waals surface area contributed by atoms with E-state index in [4.69, 9.17) is 4.99 Å². The van der Waals surface area contributed by atoms with E-state index in [1.54, 1.807) is 0 Å². The molecule has 0 heterocycles. The molecule has 0 spiro atoms. The molecule has 0 fully saturated rings. The Kier molecular flexibility index (Phi) is 8.71. The van der Waals surface area contributed by atoms with Gasteiger partial charge < -0.3 is 0 Å². The first-order valence-electron chi connectivity index (χ1n) is 14.3. The molecule has 0 saturated carbocycles. The SMILES string of the molecule is N#Cc1ccc(N=C(c2ccccc2)c2ccccc2)c(C(Br)[PH](c2ccccc2)(c2ccccc2)c2ccccc2)c1. The summed E-state index contributed by atoms with van der Waals surface area (Å²) in [6, 6.07) is 61.3. The average Bonchev–Trinajstić information content (AvgIpc) is 3.10. The summed E-state index contributed by atoms with van der Waals surface area (Å²) in [6.45, 7) is 0. The number of benzene rings is 6. The van der Waals surface area contributed by atoms with Gasteiger partial charge in [0.25, 0.3) is 0 Å². The fourth-order valence-electron chi connectivity index (χ4n) is 5.81. The summed E-state index contributed by atoms with van der Waals surface area (Å²) in [5, 5.41) is 13.9. The molecule has 208 valence electrons. The van der Waals surface area contributed by atoms with Gasteiger partial charge in [-0.15, -0.1) is 0 Å². The van der Waals surface area contributed by atoms with Crippen molar-refractivity contribution in [1.82, 2.24) is 0 Å². The van der Waals surface area contributed by atoms with Crippen LogP contribution < -0.4 is 15.9 Å². The van der Waals surface area contributed by atoms with Crippen LogP contribution in [0.1, 0.15) is 26.8 Å². The molecule has 1 unspecified atom stereocenters. The van der Waals surface area contributed by atoms with Crippen molar-refractivity contribution in [3.63, 3.8) is 0 Å². The van der Waals surface area contributed by atoms with Crippen LogP contribution in [0.3, 0.4) is 0 Å². The van der Waals surface area contributed by atoms with Gasteiger partial charge in [-0.3, -0.25) is 0 Å². The van der Waals surface area contributed by atoms with Crippen molar-refractivity contribution in [3.05, 3.63) is 192 Å². The minimum absolute atomic E-state index is 0.146. The number of hydrogen-bond donors (Lipinski definition) is 0. The van der Waals surface area contributed by atoms with Crippen LogP contribution in [0.4, 0.5) is 5.69 Å². The molecule has 0 aliphatic rings. The van der Waals surface area contributed by atoms with Gasteiger partial charge in [0.2, 0.25) is 0 Å². The second-order valence-electron chi connectivity index (χ2n) is 10.3. The van der Waals surface area contributed by atoms with Crippen LogP contribution in [-0.4, -0.2) is 5.71 Å². The van der Waals surface area contributed by atoms with Crippen LogP contribution >= 0.6 is 23.2 Å². The van der Waals surface area contributed by atoms with Crippen LogP contribution in [0.2, 0.25) is 0 Å². The first-order valence-corrected chi connectivity index (χ1v) is 17.3. The van der Waals surface area contributed by atoms with Crippen molar-refractivity contribution in [3.8, 4) is 6.07 Å². The molecule has 43 heavy (non-hydrogen) atoms. The van der Waals surface area contributed by atoms with Gasteiger partial charge in [0.1, 0.15) is 0 Å². The fourth-order valence-corrected chi connectivity index (χ4v) is 13.3. The normalized spacial score (nSPS) is 12.1. The van der Waals surface area contributed by atoms with Gasteiger partial charge in [-0.1, -0.05) is 0 Å². The molecule has 0 N–H and O–H groups in total. The summed E-state index contributed by atoms with van der Waals surface area (Å²) < 4.78 is -0.146. The third-order valence-corrected chi connectivity index (χ3v) is 15.2. The van der Waals surface area contributed by atoms with Crippen LogP contribution in [0.5, 0.6) is 0 Å². The first kappa shape index (κ1) is 28.5. The minimum atomic E-state index is -2.81. The van der Waals surface area contributed by atoms with E-state index in [9.17, 15) is 5.26 Å². The number of halogens is 1. The summed E-state index contributed by atoms with van der Waals surface area (Å²) in [5.74, 6) is 0. The Labute approximate surface area is 262 Å². The van der Waals surface area contributed by atoms with Gasteiger partial charge in [-0.2, -0.15) is 0 Å². The van der Waals surface area contributed by atoms with Crippen LogP contribution in [0.25, 0.3) is 0 Å². The van der Waals surface area contributed by atoms with E-state index < -0.39 is 7.26 Å². The van der Waals surface area contributed by atoms with Crippen molar-refractivity contribution in [2.45, 2.75) is 4.57 Å². The zero-order chi connectivity index (χ0) is 29.5. The molecule has 0 amide bonds. The maximum absolute atomic E-state index is 10.0. The van der Waals surface area contributed by atoms with E-state index in [-0.39, 0.29) is 4.57 Å². The molecule has 0 saturated heterocycles. The Balaban J connectivity index is 1.66. The maximum atomic E-state index is 10.0. The molecule has 2 nitrogen and oxygen atoms in total. The summed E-state index contributed by atoms with van der Waals surface area (Å²) in [4.78, 5) is 5.39. The number of aliphatic imine (C=N–C) groups is 1. The van der Waals surface area contributed by atoms with E-state index in [1.807, 2.05) is 54.6 Å². The van der Waals surface area contributed by atoms with Crippen LogP contribution in [0.15, 0.2) is 175 Å². The van der Waals surface area contributed by atoms with Crippen molar-refractivity contribution >= 4 is 50.5 Å². The fraction of sp³-hybridized carbons (Fsp3) is 0.0256. The molecule has 6 aromatic rings. The number of hydrogen-bond acceptors (Lipinski definition) is 2. The quantitative estimate of drug-likeness (QED) is 0.0934. The standard InChI is InChI=1S/C39H30BrN2P/c40-39(43(33-20-10-3-11-21-33,34-22-12-4-13-23-34)35-24-14-5-15-25-35)36-28-30(29-41)26-27-37(36)42-38(31-16-6-1-7-17-31)32-18-8-2-9-19-32/h1-28,39,43H. The van der Waals surface area contributed by atoms with E-state index in [2.05, 4.69) is 137 Å². The molecule has 0 radical (unpaired) electrons. The summed E-state index contributed by atoms with van der Waals surface area (Å²) in [6.07, 6.45) is 0. The number of alkyl halides is 1. The van der Waals surface area contributed by atoms with Gasteiger partial charge in [0.05, 0.1) is 0 Å². The Morgan fingerprint density at radius 2 is 0.953 bits per heavy atom. The Bertz CT molecular complexity index is 1730. The van der Waals surface area contributed by atoms with Crippen molar-refractivity contribution in [1.29, 1.82) is 5.26 Å². The average molecular weight is 638 g/mol. The van der Waals surface area contributed by atoms with E-state index >= 15 is 0 Å². The van der Waals surface area contributed by atoms with Crippen molar-refractivity contribution in [2.75, 3.05) is 0 Å². The molecule has 0 bridgehead atoms. The predicted molar refractivity (Wildman–Crippen MR) is 188 cm³/mol. The predicted octanol–water partition coefficient (Wildman–Crippen LogP) is 8.85. The summed E-state index contributed by atoms with van der Waals surface area (Å²) >= 11 is 4.32. The molecular formula is C39H30BrN2P. The third kappa shape index (κ3) is 5.73. The van der Waals surface area contributed by atoms with E-state index in [0.717, 1.165) is 28.1 Å². The molecule has 4 heteroatoms. The molecule has 0 aliphatic heterocycles. The summed E-state index contributed by atoms with van der Waals surface area (Å²) in [5.41, 5.74) is 5.39. The third-order valence-electron chi connectivity index (χ3n) is 7.82. The Hall–Kier alpha value is -4.61. The van der Waals surface area contributed by atoms with Gasteiger partial charge in [0.15, 0.2) is 0 Å². The Morgan fingerprint density at radius 1 is 0.558 bits per heavy atom. The second kappa shape index (κ2) is 13.1. The molecule has 6 rings (SSSR count). The molecule has 0 aromatic heterocycles. The van der Waals surface area contributed by atoms with E-state index in [0.29, 0.717) is 5.56 Å². The van der Waals surface area contributed by atoms with Crippen LogP contribution in [-0.2, 0) is 0 Å². The summed E-state index contributed by atoms with van der Waals surface area (Å²) in [7, 11) is -2.81. The molecule has 6 aromatic carbocycles. The molecule has 1 atom stereocenters.